The number of carbonyl (C=O) groups excluding carboxylic acids is 1. The lowest BCUT2D eigenvalue weighted by Crippen LogP contribution is -2.48. The number of rotatable bonds is 1. The van der Waals surface area contributed by atoms with Crippen LogP contribution in [0.15, 0.2) is 60.3 Å². The Balaban J connectivity index is 2.13. The van der Waals surface area contributed by atoms with Gasteiger partial charge in [0.25, 0.3) is 0 Å². The van der Waals surface area contributed by atoms with Gasteiger partial charge >= 0.3 is 5.97 Å². The predicted molar refractivity (Wildman–Crippen MR) is 197 cm³/mol. The molecule has 0 aromatic rings. The molecule has 0 saturated carbocycles. The molecule has 12 atom stereocenters. The number of esters is 1. The second-order valence-electron chi connectivity index (χ2n) is 15.3. The maximum atomic E-state index is 12.8. The van der Waals surface area contributed by atoms with Gasteiger partial charge in [-0.25, -0.2) is 4.79 Å². The molecule has 1 fully saturated rings. The van der Waals surface area contributed by atoms with Crippen LogP contribution in [0.5, 0.6) is 0 Å². The second-order valence-corrected chi connectivity index (χ2v) is 15.3. The van der Waals surface area contributed by atoms with Gasteiger partial charge < -0.3 is 55.4 Å². The van der Waals surface area contributed by atoms with Crippen molar-refractivity contribution < 1.29 is 60.2 Å². The summed E-state index contributed by atoms with van der Waals surface area (Å²) in [5.41, 5.74) is 0.438. The third-order valence-electron chi connectivity index (χ3n) is 9.58. The highest BCUT2D eigenvalue weighted by molar-refractivity contribution is 5.88. The van der Waals surface area contributed by atoms with E-state index in [1.165, 1.54) is 0 Å². The van der Waals surface area contributed by atoms with Crippen LogP contribution in [-0.4, -0.2) is 119 Å². The molecular weight excluding hydrogens is 672 g/mol. The molecule has 0 spiro atoms. The van der Waals surface area contributed by atoms with Gasteiger partial charge in [0.15, 0.2) is 5.79 Å². The number of fused-ring (bicyclic) bond motifs is 2. The zero-order valence-corrected chi connectivity index (χ0v) is 31.4. The van der Waals surface area contributed by atoms with Crippen molar-refractivity contribution >= 4 is 5.97 Å². The Hall–Kier alpha value is -2.23. The van der Waals surface area contributed by atoms with E-state index in [0.29, 0.717) is 31.3 Å². The fraction of sp³-hybridized carbons (Fsp3) is 0.725. The predicted octanol–water partition coefficient (Wildman–Crippen LogP) is 3.03. The largest absolute Gasteiger partial charge is 0.458 e. The fourth-order valence-electron chi connectivity index (χ4n) is 7.02. The molecule has 9 N–H and O–H groups in total. The van der Waals surface area contributed by atoms with Crippen LogP contribution >= 0.6 is 0 Å². The third-order valence-corrected chi connectivity index (χ3v) is 9.58. The van der Waals surface area contributed by atoms with Gasteiger partial charge in [0.05, 0.1) is 54.9 Å². The number of allylic oxidation sites excluding steroid dienone is 8. The SMILES string of the molecule is C/C1=C/C=C\C=C/C=C\C=C/C[C@@H]2C[C@H](O)C[C@](O)(C[C@H](O)C[C@@H](O)C[C@H](O)CC(O)C[C@@H](O)C[C@@H](O)C[C@@H](O)CC[C@H](C)[C@H](C(C)C)OC1=O)O2. The van der Waals surface area contributed by atoms with E-state index in [1.54, 1.807) is 31.2 Å². The molecule has 1 unspecified atom stereocenters. The van der Waals surface area contributed by atoms with E-state index < -0.39 is 66.7 Å². The van der Waals surface area contributed by atoms with E-state index >= 15 is 0 Å². The first-order valence-corrected chi connectivity index (χ1v) is 18.8. The number of aliphatic hydroxyl groups is 9. The highest BCUT2D eigenvalue weighted by Gasteiger charge is 2.41. The van der Waals surface area contributed by atoms with Crippen molar-refractivity contribution in [3.63, 3.8) is 0 Å². The van der Waals surface area contributed by atoms with Gasteiger partial charge in [-0.15, -0.1) is 0 Å². The lowest BCUT2D eigenvalue weighted by molar-refractivity contribution is -0.282. The molecule has 12 nitrogen and oxygen atoms in total. The Labute approximate surface area is 309 Å². The molecule has 2 aliphatic heterocycles. The monoisotopic (exact) mass is 738 g/mol. The molecule has 298 valence electrons. The zero-order valence-electron chi connectivity index (χ0n) is 31.4. The van der Waals surface area contributed by atoms with Gasteiger partial charge in [0, 0.05) is 24.8 Å². The summed E-state index contributed by atoms with van der Waals surface area (Å²) in [5.74, 6) is -2.27. The quantitative estimate of drug-likeness (QED) is 0.178. The number of carbonyl (C=O) groups is 1. The number of ether oxygens (including phenoxy) is 2. The topological polar surface area (TPSA) is 218 Å². The van der Waals surface area contributed by atoms with Crippen molar-refractivity contribution in [1.82, 2.24) is 0 Å². The minimum absolute atomic E-state index is 0.0120. The van der Waals surface area contributed by atoms with Gasteiger partial charge in [-0.05, 0) is 76.5 Å². The Morgan fingerprint density at radius 1 is 0.635 bits per heavy atom. The van der Waals surface area contributed by atoms with Crippen LogP contribution in [0.1, 0.15) is 105 Å². The van der Waals surface area contributed by atoms with Crippen molar-refractivity contribution in [2.45, 2.75) is 172 Å². The third kappa shape index (κ3) is 18.7. The van der Waals surface area contributed by atoms with E-state index in [1.807, 2.05) is 51.2 Å². The lowest BCUT2D eigenvalue weighted by Gasteiger charge is -2.40. The minimum atomic E-state index is -1.80. The molecule has 0 aliphatic carbocycles. The first-order valence-electron chi connectivity index (χ1n) is 18.8. The maximum Gasteiger partial charge on any atom is 0.334 e. The average Bonchev–Trinajstić information content (AvgIpc) is 3.01. The smallest absolute Gasteiger partial charge is 0.334 e. The van der Waals surface area contributed by atoms with E-state index in [9.17, 15) is 50.8 Å². The average molecular weight is 739 g/mol. The summed E-state index contributed by atoms with van der Waals surface area (Å²) in [6.45, 7) is 7.57. The molecule has 12 heteroatoms. The number of hydrogen-bond donors (Lipinski definition) is 9. The highest BCUT2D eigenvalue weighted by Crippen LogP contribution is 2.33. The number of cyclic esters (lactones) is 1. The van der Waals surface area contributed by atoms with Crippen molar-refractivity contribution in [2.24, 2.45) is 11.8 Å². The van der Waals surface area contributed by atoms with Crippen molar-refractivity contribution in [1.29, 1.82) is 0 Å². The Morgan fingerprint density at radius 2 is 1.08 bits per heavy atom. The van der Waals surface area contributed by atoms with Gasteiger partial charge in [-0.3, -0.25) is 0 Å². The molecule has 2 aliphatic rings. The van der Waals surface area contributed by atoms with Crippen LogP contribution in [0.4, 0.5) is 0 Å². The van der Waals surface area contributed by atoms with E-state index in [-0.39, 0.29) is 69.3 Å². The maximum absolute atomic E-state index is 12.8. The summed E-state index contributed by atoms with van der Waals surface area (Å²) in [6, 6.07) is 0. The van der Waals surface area contributed by atoms with Gasteiger partial charge in [-0.1, -0.05) is 75.5 Å². The summed E-state index contributed by atoms with van der Waals surface area (Å²) in [4.78, 5) is 12.8. The summed E-state index contributed by atoms with van der Waals surface area (Å²) in [6.07, 6.45) is 7.27. The normalized spacial score (nSPS) is 41.8. The minimum Gasteiger partial charge on any atom is -0.458 e. The van der Waals surface area contributed by atoms with Crippen LogP contribution in [0, 0.1) is 11.8 Å². The van der Waals surface area contributed by atoms with Gasteiger partial charge in [-0.2, -0.15) is 0 Å². The van der Waals surface area contributed by atoms with Crippen molar-refractivity contribution in [2.75, 3.05) is 0 Å². The van der Waals surface area contributed by atoms with Crippen LogP contribution in [0.25, 0.3) is 0 Å². The van der Waals surface area contributed by atoms with Gasteiger partial charge in [0.1, 0.15) is 6.10 Å². The number of aliphatic hydroxyl groups excluding tert-OH is 8. The van der Waals surface area contributed by atoms with Crippen LogP contribution in [0.3, 0.4) is 0 Å². The Kier molecular flexibility index (Phi) is 20.8. The molecular formula is C40H66O12. The fourth-order valence-corrected chi connectivity index (χ4v) is 7.02. The van der Waals surface area contributed by atoms with Crippen LogP contribution in [-0.2, 0) is 14.3 Å². The van der Waals surface area contributed by atoms with Gasteiger partial charge in [0.2, 0.25) is 0 Å². The highest BCUT2D eigenvalue weighted by atomic mass is 16.6. The Bertz CT molecular complexity index is 1180. The van der Waals surface area contributed by atoms with E-state index in [4.69, 9.17) is 9.47 Å². The first kappa shape index (κ1) is 45.9. The summed E-state index contributed by atoms with van der Waals surface area (Å²) in [7, 11) is 0. The molecule has 0 radical (unpaired) electrons. The molecule has 0 aromatic carbocycles. The number of hydrogen-bond acceptors (Lipinski definition) is 12. The zero-order chi connectivity index (χ0) is 38.8. The molecule has 0 aromatic heterocycles. The van der Waals surface area contributed by atoms with Crippen LogP contribution < -0.4 is 0 Å². The standard InChI is InChI=1S/C40H66O12/c1-26(2)38-27(3)15-16-29(41)17-30(42)18-31(43)19-32(44)20-33(45)21-34(46)22-35(47)24-40(50)25-36(48)23-37(52-40)14-12-10-8-6-5-7-9-11-13-28(4)39(49)51-38/h5-13,26-27,29-38,41-48,50H,14-25H2,1-4H3/b7-5-,8-6-,11-9-,12-10-,28-13-/t27-,29-,30-,31-,32?,33+,34-,35+,36-,37+,38-,40-/m0/s1. The molecule has 1 saturated heterocycles. The molecule has 2 rings (SSSR count). The first-order chi connectivity index (χ1) is 24.5. The van der Waals surface area contributed by atoms with Crippen molar-refractivity contribution in [3.8, 4) is 0 Å². The molecule has 2 bridgehead atoms. The molecule has 52 heavy (non-hydrogen) atoms. The van der Waals surface area contributed by atoms with Crippen LogP contribution in [0.2, 0.25) is 0 Å². The van der Waals surface area contributed by atoms with E-state index in [0.717, 1.165) is 0 Å². The lowest BCUT2D eigenvalue weighted by atomic mass is 9.89. The van der Waals surface area contributed by atoms with E-state index in [2.05, 4.69) is 0 Å². The van der Waals surface area contributed by atoms with Crippen molar-refractivity contribution in [3.05, 3.63) is 60.3 Å². The summed E-state index contributed by atoms with van der Waals surface area (Å²) in [5, 5.41) is 95.0. The second kappa shape index (κ2) is 23.5. The summed E-state index contributed by atoms with van der Waals surface area (Å²) >= 11 is 0. The Morgan fingerprint density at radius 3 is 1.60 bits per heavy atom. The summed E-state index contributed by atoms with van der Waals surface area (Å²) < 4.78 is 11.7. The molecule has 0 amide bonds. The molecule has 2 heterocycles.